The summed E-state index contributed by atoms with van der Waals surface area (Å²) < 4.78 is 0. The van der Waals surface area contributed by atoms with Gasteiger partial charge in [-0.05, 0) is 30.3 Å². The Balaban J connectivity index is 2.40. The van der Waals surface area contributed by atoms with Crippen molar-refractivity contribution in [1.82, 2.24) is 0 Å². The van der Waals surface area contributed by atoms with Gasteiger partial charge in [-0.2, -0.15) is 0 Å². The highest BCUT2D eigenvalue weighted by Crippen LogP contribution is 2.29. The van der Waals surface area contributed by atoms with E-state index in [9.17, 15) is 29.7 Å². The van der Waals surface area contributed by atoms with Gasteiger partial charge in [0.2, 0.25) is 0 Å². The van der Waals surface area contributed by atoms with Crippen LogP contribution in [0.3, 0.4) is 0 Å². The SMILES string of the molecule is O=C(O)c1cc(O)c(C(=O)Nc2ccc(O)cc2C(=O)O)cc1O. The molecule has 6 N–H and O–H groups in total. The second-order valence-electron chi connectivity index (χ2n) is 4.68. The molecular weight excluding hydrogens is 322 g/mol. The fourth-order valence-electron chi connectivity index (χ4n) is 1.94. The lowest BCUT2D eigenvalue weighted by Crippen LogP contribution is -2.15. The molecule has 0 aromatic heterocycles. The molecule has 0 saturated carbocycles. The summed E-state index contributed by atoms with van der Waals surface area (Å²) in [5.41, 5.74) is -1.61. The van der Waals surface area contributed by atoms with Crippen LogP contribution in [0.25, 0.3) is 0 Å². The number of phenolic OH excluding ortho intramolecular Hbond substituents is 2. The van der Waals surface area contributed by atoms with Crippen LogP contribution in [-0.2, 0) is 0 Å². The van der Waals surface area contributed by atoms with Gasteiger partial charge in [-0.25, -0.2) is 9.59 Å². The van der Waals surface area contributed by atoms with Crippen molar-refractivity contribution in [1.29, 1.82) is 0 Å². The number of anilines is 1. The molecule has 0 spiro atoms. The van der Waals surface area contributed by atoms with Crippen LogP contribution in [0.15, 0.2) is 30.3 Å². The molecule has 0 saturated heterocycles. The first kappa shape index (κ1) is 16.6. The normalized spacial score (nSPS) is 10.2. The van der Waals surface area contributed by atoms with Crippen molar-refractivity contribution in [3.8, 4) is 17.2 Å². The number of amides is 1. The Morgan fingerprint density at radius 3 is 1.88 bits per heavy atom. The zero-order chi connectivity index (χ0) is 18.0. The van der Waals surface area contributed by atoms with Crippen LogP contribution in [-0.4, -0.2) is 43.4 Å². The van der Waals surface area contributed by atoms with Crippen molar-refractivity contribution in [3.63, 3.8) is 0 Å². The van der Waals surface area contributed by atoms with E-state index in [0.29, 0.717) is 6.07 Å². The van der Waals surface area contributed by atoms with Crippen molar-refractivity contribution >= 4 is 23.5 Å². The molecule has 1 amide bonds. The summed E-state index contributed by atoms with van der Waals surface area (Å²) in [6.45, 7) is 0. The third kappa shape index (κ3) is 3.19. The molecule has 24 heavy (non-hydrogen) atoms. The van der Waals surface area contributed by atoms with Crippen molar-refractivity contribution < 1.29 is 39.9 Å². The van der Waals surface area contributed by atoms with Crippen LogP contribution in [0, 0.1) is 0 Å². The lowest BCUT2D eigenvalue weighted by molar-refractivity contribution is 0.0683. The first-order valence-corrected chi connectivity index (χ1v) is 6.37. The molecule has 0 aliphatic carbocycles. The topological polar surface area (TPSA) is 164 Å². The highest BCUT2D eigenvalue weighted by molar-refractivity contribution is 6.10. The maximum atomic E-state index is 12.1. The quantitative estimate of drug-likeness (QED) is 0.457. The highest BCUT2D eigenvalue weighted by Gasteiger charge is 2.20. The van der Waals surface area contributed by atoms with Crippen molar-refractivity contribution in [2.75, 3.05) is 5.32 Å². The minimum atomic E-state index is -1.50. The predicted octanol–water partition coefficient (Wildman–Crippen LogP) is 1.45. The van der Waals surface area contributed by atoms with Gasteiger partial charge in [0, 0.05) is 0 Å². The van der Waals surface area contributed by atoms with Gasteiger partial charge in [-0.1, -0.05) is 0 Å². The molecule has 9 nitrogen and oxygen atoms in total. The number of aromatic carboxylic acids is 2. The Labute approximate surface area is 134 Å². The molecular formula is C15H11NO8. The summed E-state index contributed by atoms with van der Waals surface area (Å²) in [7, 11) is 0. The Bertz CT molecular complexity index is 859. The molecule has 0 unspecified atom stereocenters. The van der Waals surface area contributed by atoms with Crippen LogP contribution in [0.2, 0.25) is 0 Å². The van der Waals surface area contributed by atoms with Gasteiger partial charge in [0.1, 0.15) is 22.8 Å². The monoisotopic (exact) mass is 333 g/mol. The van der Waals surface area contributed by atoms with Crippen LogP contribution in [0.5, 0.6) is 17.2 Å². The van der Waals surface area contributed by atoms with Crippen molar-refractivity contribution in [2.45, 2.75) is 0 Å². The molecule has 0 aliphatic heterocycles. The highest BCUT2D eigenvalue weighted by atomic mass is 16.4. The first-order valence-electron chi connectivity index (χ1n) is 6.37. The number of rotatable bonds is 4. The number of phenols is 3. The standard InChI is InChI=1S/C15H11NO8/c17-6-1-2-10(7(3-6)14(21)22)16-13(20)8-4-12(19)9(15(23)24)5-11(8)18/h1-5,17-19H,(H,16,20)(H,21,22)(H,23,24). The van der Waals surface area contributed by atoms with Crippen molar-refractivity contribution in [3.05, 3.63) is 47.0 Å². The van der Waals surface area contributed by atoms with E-state index in [1.54, 1.807) is 0 Å². The number of carbonyl (C=O) groups is 3. The number of benzene rings is 2. The van der Waals surface area contributed by atoms with Gasteiger partial charge in [0.05, 0.1) is 16.8 Å². The summed E-state index contributed by atoms with van der Waals surface area (Å²) in [6.07, 6.45) is 0. The van der Waals surface area contributed by atoms with Gasteiger partial charge < -0.3 is 30.8 Å². The van der Waals surface area contributed by atoms with E-state index in [1.807, 2.05) is 0 Å². The minimum Gasteiger partial charge on any atom is -0.508 e. The van der Waals surface area contributed by atoms with Gasteiger partial charge in [0.15, 0.2) is 0 Å². The van der Waals surface area contributed by atoms with E-state index in [2.05, 4.69) is 5.32 Å². The molecule has 0 aliphatic rings. The zero-order valence-corrected chi connectivity index (χ0v) is 11.8. The Morgan fingerprint density at radius 2 is 1.29 bits per heavy atom. The lowest BCUT2D eigenvalue weighted by atomic mass is 10.1. The van der Waals surface area contributed by atoms with Crippen LogP contribution in [0.1, 0.15) is 31.1 Å². The smallest absolute Gasteiger partial charge is 0.339 e. The van der Waals surface area contributed by atoms with Gasteiger partial charge in [-0.15, -0.1) is 0 Å². The maximum absolute atomic E-state index is 12.1. The molecule has 2 rings (SSSR count). The largest absolute Gasteiger partial charge is 0.508 e. The lowest BCUT2D eigenvalue weighted by Gasteiger charge is -2.11. The average molecular weight is 333 g/mol. The second-order valence-corrected chi connectivity index (χ2v) is 4.68. The number of carbonyl (C=O) groups excluding carboxylic acids is 1. The maximum Gasteiger partial charge on any atom is 0.339 e. The molecule has 9 heteroatoms. The molecule has 0 heterocycles. The average Bonchev–Trinajstić information content (AvgIpc) is 2.50. The molecule has 0 bridgehead atoms. The predicted molar refractivity (Wildman–Crippen MR) is 79.8 cm³/mol. The van der Waals surface area contributed by atoms with Crippen LogP contribution in [0.4, 0.5) is 5.69 Å². The Kier molecular flexibility index (Phi) is 4.27. The third-order valence-corrected chi connectivity index (χ3v) is 3.07. The van der Waals surface area contributed by atoms with Gasteiger partial charge in [-0.3, -0.25) is 4.79 Å². The zero-order valence-electron chi connectivity index (χ0n) is 11.8. The number of hydrogen-bond donors (Lipinski definition) is 6. The van der Waals surface area contributed by atoms with E-state index < -0.39 is 46.0 Å². The summed E-state index contributed by atoms with van der Waals surface area (Å²) in [5.74, 6) is -5.66. The van der Waals surface area contributed by atoms with Crippen LogP contribution < -0.4 is 5.32 Å². The molecule has 124 valence electrons. The molecule has 0 atom stereocenters. The molecule has 2 aromatic carbocycles. The molecule has 2 aromatic rings. The van der Waals surface area contributed by atoms with E-state index in [4.69, 9.17) is 10.2 Å². The fraction of sp³-hybridized carbons (Fsp3) is 0. The number of hydrogen-bond acceptors (Lipinski definition) is 6. The minimum absolute atomic E-state index is 0.161. The van der Waals surface area contributed by atoms with Crippen LogP contribution >= 0.6 is 0 Å². The second kappa shape index (κ2) is 6.16. The molecule has 0 radical (unpaired) electrons. The Hall–Kier alpha value is -3.75. The van der Waals surface area contributed by atoms with E-state index in [0.717, 1.165) is 24.3 Å². The number of nitrogens with one attached hydrogen (secondary N) is 1. The summed E-state index contributed by atoms with van der Waals surface area (Å²) in [6, 6.07) is 4.64. The van der Waals surface area contributed by atoms with E-state index >= 15 is 0 Å². The summed E-state index contributed by atoms with van der Waals surface area (Å²) in [4.78, 5) is 34.1. The fourth-order valence-corrected chi connectivity index (χ4v) is 1.94. The number of carboxylic acids is 2. The summed E-state index contributed by atoms with van der Waals surface area (Å²) in [5, 5.41) is 48.7. The summed E-state index contributed by atoms with van der Waals surface area (Å²) >= 11 is 0. The first-order chi connectivity index (χ1) is 11.2. The number of carboxylic acid groups (broad SMARTS) is 2. The van der Waals surface area contributed by atoms with E-state index in [1.165, 1.54) is 0 Å². The number of aromatic hydroxyl groups is 3. The van der Waals surface area contributed by atoms with Crippen molar-refractivity contribution in [2.24, 2.45) is 0 Å². The van der Waals surface area contributed by atoms with Gasteiger partial charge in [0.25, 0.3) is 5.91 Å². The third-order valence-electron chi connectivity index (χ3n) is 3.07. The molecule has 0 fully saturated rings. The van der Waals surface area contributed by atoms with E-state index in [-0.39, 0.29) is 11.4 Å². The van der Waals surface area contributed by atoms with Gasteiger partial charge >= 0.3 is 11.9 Å². The Morgan fingerprint density at radius 1 is 0.750 bits per heavy atom.